The number of aryl methyl sites for hydroxylation is 1. The summed E-state index contributed by atoms with van der Waals surface area (Å²) in [6.45, 7) is 1.53. The molecule has 0 amide bonds. The average Bonchev–Trinajstić information content (AvgIpc) is 2.91. The van der Waals surface area contributed by atoms with Crippen LogP contribution in [0.25, 0.3) is 10.9 Å². The summed E-state index contributed by atoms with van der Waals surface area (Å²) < 4.78 is 79.9. The molecule has 2 N–H and O–H groups in total. The molecule has 0 aliphatic heterocycles. The highest BCUT2D eigenvalue weighted by molar-refractivity contribution is 7.99. The minimum Gasteiger partial charge on any atom is -0.384 e. The van der Waals surface area contributed by atoms with Gasteiger partial charge < -0.3 is 10.3 Å². The number of hydrogen-bond donors (Lipinski definition) is 1. The van der Waals surface area contributed by atoms with Crippen molar-refractivity contribution >= 4 is 40.1 Å². The van der Waals surface area contributed by atoms with E-state index in [0.717, 1.165) is 18.0 Å². The zero-order chi connectivity index (χ0) is 21.7. The van der Waals surface area contributed by atoms with Crippen LogP contribution >= 0.6 is 23.4 Å². The Morgan fingerprint density at radius 2 is 1.72 bits per heavy atom. The van der Waals surface area contributed by atoms with Gasteiger partial charge in [-0.1, -0.05) is 23.4 Å². The Morgan fingerprint density at radius 3 is 2.31 bits per heavy atom. The maximum atomic E-state index is 13.3. The number of nitrogens with two attached hydrogens (primary N) is 1. The van der Waals surface area contributed by atoms with Crippen molar-refractivity contribution in [1.82, 2.24) is 19.5 Å². The van der Waals surface area contributed by atoms with Crippen LogP contribution < -0.4 is 5.73 Å². The van der Waals surface area contributed by atoms with Crippen LogP contribution in [0.15, 0.2) is 23.5 Å². The molecule has 3 aromatic rings. The van der Waals surface area contributed by atoms with Gasteiger partial charge in [0, 0.05) is 24.7 Å². The number of nitrogens with zero attached hydrogens (tertiary/aromatic N) is 4. The quantitative estimate of drug-likeness (QED) is 0.245. The van der Waals surface area contributed by atoms with Crippen LogP contribution in [0.2, 0.25) is 5.15 Å². The lowest BCUT2D eigenvalue weighted by molar-refractivity contribution is -0.141. The number of anilines is 1. The molecule has 5 nitrogen and oxygen atoms in total. The van der Waals surface area contributed by atoms with Crippen molar-refractivity contribution in [3.63, 3.8) is 0 Å². The predicted molar refractivity (Wildman–Crippen MR) is 96.4 cm³/mol. The second-order valence-electron chi connectivity index (χ2n) is 6.10. The molecule has 0 aromatic carbocycles. The molecule has 0 aliphatic carbocycles. The molecule has 3 heterocycles. The molecule has 1 unspecified atom stereocenters. The van der Waals surface area contributed by atoms with Crippen molar-refractivity contribution in [2.24, 2.45) is 7.05 Å². The number of rotatable bonds is 3. The SMILES string of the molecule is CC(Sc1nc(N)cc(C(F)(F)F)n1)c1cc2c(C(F)(F)F)cn(C)c2c(Cl)n1. The van der Waals surface area contributed by atoms with Crippen LogP contribution in [0.5, 0.6) is 0 Å². The van der Waals surface area contributed by atoms with Crippen molar-refractivity contribution in [3.8, 4) is 0 Å². The monoisotopic (exact) mass is 455 g/mol. The van der Waals surface area contributed by atoms with Crippen LogP contribution in [-0.2, 0) is 19.4 Å². The fourth-order valence-corrected chi connectivity index (χ4v) is 3.89. The summed E-state index contributed by atoms with van der Waals surface area (Å²) in [5.74, 6) is -0.383. The van der Waals surface area contributed by atoms with Crippen molar-refractivity contribution in [3.05, 3.63) is 40.4 Å². The summed E-state index contributed by atoms with van der Waals surface area (Å²) in [4.78, 5) is 11.3. The van der Waals surface area contributed by atoms with Gasteiger partial charge in [0.25, 0.3) is 0 Å². The average molecular weight is 456 g/mol. The van der Waals surface area contributed by atoms with Crippen molar-refractivity contribution in [2.75, 3.05) is 5.73 Å². The first-order valence-corrected chi connectivity index (χ1v) is 9.14. The van der Waals surface area contributed by atoms with Gasteiger partial charge in [-0.25, -0.2) is 15.0 Å². The van der Waals surface area contributed by atoms with Gasteiger partial charge in [-0.3, -0.25) is 0 Å². The van der Waals surface area contributed by atoms with Crippen molar-refractivity contribution in [1.29, 1.82) is 0 Å². The number of nitrogen functional groups attached to an aromatic ring is 1. The van der Waals surface area contributed by atoms with Gasteiger partial charge in [0.05, 0.1) is 22.0 Å². The summed E-state index contributed by atoms with van der Waals surface area (Å²) >= 11 is 6.85. The molecule has 0 saturated carbocycles. The molecular weight excluding hydrogens is 444 g/mol. The zero-order valence-corrected chi connectivity index (χ0v) is 16.3. The van der Waals surface area contributed by atoms with Gasteiger partial charge in [-0.15, -0.1) is 0 Å². The number of alkyl halides is 6. The Hall–Kier alpha value is -2.21. The molecule has 156 valence electrons. The van der Waals surface area contributed by atoms with Gasteiger partial charge in [0.1, 0.15) is 5.82 Å². The molecule has 1 atom stereocenters. The van der Waals surface area contributed by atoms with Crippen LogP contribution in [0.3, 0.4) is 0 Å². The third-order valence-electron chi connectivity index (χ3n) is 3.96. The Kier molecular flexibility index (Phi) is 5.37. The van der Waals surface area contributed by atoms with Gasteiger partial charge >= 0.3 is 12.4 Å². The molecule has 0 radical (unpaired) electrons. The first-order chi connectivity index (χ1) is 13.3. The maximum Gasteiger partial charge on any atom is 0.433 e. The molecule has 3 rings (SSSR count). The van der Waals surface area contributed by atoms with E-state index >= 15 is 0 Å². The zero-order valence-electron chi connectivity index (χ0n) is 14.7. The fraction of sp³-hybridized carbons (Fsp3) is 0.312. The molecule has 3 aromatic heterocycles. The van der Waals surface area contributed by atoms with Crippen LogP contribution in [0.4, 0.5) is 32.2 Å². The molecular formula is C16H12ClF6N5S. The third-order valence-corrected chi connectivity index (χ3v) is 5.21. The number of halogens is 7. The van der Waals surface area contributed by atoms with Gasteiger partial charge in [0.2, 0.25) is 0 Å². The molecule has 0 saturated heterocycles. The first-order valence-electron chi connectivity index (χ1n) is 7.88. The van der Waals surface area contributed by atoms with E-state index in [1.54, 1.807) is 0 Å². The lowest BCUT2D eigenvalue weighted by atomic mass is 10.1. The van der Waals surface area contributed by atoms with Crippen molar-refractivity contribution < 1.29 is 26.3 Å². The lowest BCUT2D eigenvalue weighted by Gasteiger charge is -2.13. The van der Waals surface area contributed by atoms with E-state index < -0.39 is 28.9 Å². The molecule has 0 spiro atoms. The summed E-state index contributed by atoms with van der Waals surface area (Å²) in [6.07, 6.45) is -8.44. The maximum absolute atomic E-state index is 13.3. The van der Waals surface area contributed by atoms with E-state index in [-0.39, 0.29) is 32.7 Å². The highest BCUT2D eigenvalue weighted by atomic mass is 35.5. The predicted octanol–water partition coefficient (Wildman–Crippen LogP) is 5.49. The van der Waals surface area contributed by atoms with Crippen LogP contribution in [0, 0.1) is 0 Å². The summed E-state index contributed by atoms with van der Waals surface area (Å²) in [5, 5.41) is -1.31. The Labute approximate surface area is 169 Å². The van der Waals surface area contributed by atoms with E-state index in [1.165, 1.54) is 24.6 Å². The molecule has 0 aliphatic rings. The largest absolute Gasteiger partial charge is 0.433 e. The standard InChI is InChI=1S/C16H12ClF6N5S/c1-6(29-14-26-10(16(21,22)23)4-11(24)27-14)9-3-7-8(15(18,19)20)5-28(2)12(7)13(17)25-9/h3-6H,1-2H3,(H2,24,26,27). The van der Waals surface area contributed by atoms with Crippen molar-refractivity contribution in [2.45, 2.75) is 29.7 Å². The van der Waals surface area contributed by atoms with Gasteiger partial charge in [-0.05, 0) is 13.0 Å². The Balaban J connectivity index is 2.02. The van der Waals surface area contributed by atoms with E-state index in [1.807, 2.05) is 0 Å². The molecule has 0 fully saturated rings. The van der Waals surface area contributed by atoms with Gasteiger partial charge in [0.15, 0.2) is 16.0 Å². The third kappa shape index (κ3) is 4.37. The number of hydrogen-bond acceptors (Lipinski definition) is 5. The van der Waals surface area contributed by atoms with E-state index in [2.05, 4.69) is 15.0 Å². The minimum atomic E-state index is -4.72. The smallest absolute Gasteiger partial charge is 0.384 e. The topological polar surface area (TPSA) is 69.6 Å². The Morgan fingerprint density at radius 1 is 1.07 bits per heavy atom. The number of aromatic nitrogens is 4. The fourth-order valence-electron chi connectivity index (χ4n) is 2.69. The minimum absolute atomic E-state index is 0.0968. The Bertz CT molecular complexity index is 1080. The number of fused-ring (bicyclic) bond motifs is 1. The highest BCUT2D eigenvalue weighted by Crippen LogP contribution is 2.41. The van der Waals surface area contributed by atoms with E-state index in [9.17, 15) is 26.3 Å². The highest BCUT2D eigenvalue weighted by Gasteiger charge is 2.36. The second kappa shape index (κ2) is 7.24. The molecule has 13 heteroatoms. The summed E-state index contributed by atoms with van der Waals surface area (Å²) in [7, 11) is 1.40. The lowest BCUT2D eigenvalue weighted by Crippen LogP contribution is -2.11. The van der Waals surface area contributed by atoms with Gasteiger partial charge in [-0.2, -0.15) is 26.3 Å². The summed E-state index contributed by atoms with van der Waals surface area (Å²) in [6, 6.07) is 1.80. The molecule has 0 bridgehead atoms. The number of thioether (sulfide) groups is 1. The first kappa shape index (κ1) is 21.5. The van der Waals surface area contributed by atoms with Crippen LogP contribution in [-0.4, -0.2) is 19.5 Å². The second-order valence-corrected chi connectivity index (χ2v) is 7.77. The van der Waals surface area contributed by atoms with E-state index in [4.69, 9.17) is 17.3 Å². The molecule has 29 heavy (non-hydrogen) atoms. The van der Waals surface area contributed by atoms with Crippen LogP contribution in [0.1, 0.15) is 29.1 Å². The normalized spacial score (nSPS) is 13.8. The number of pyridine rings is 1. The summed E-state index contributed by atoms with van der Waals surface area (Å²) in [5.41, 5.74) is 3.53. The van der Waals surface area contributed by atoms with E-state index in [0.29, 0.717) is 6.07 Å².